The minimum Gasteiger partial charge on any atom is -0.394 e. The third-order valence-corrected chi connectivity index (χ3v) is 5.28. The fraction of sp³-hybridized carbons (Fsp3) is 1.00. The maximum Gasteiger partial charge on any atom is 0.187 e. The quantitative estimate of drug-likeness (QED) is 0.207. The maximum atomic E-state index is 10.5. The van der Waals surface area contributed by atoms with Crippen LogP contribution in [-0.4, -0.2) is 123 Å². The molecule has 0 aromatic rings. The molecule has 11 nitrogen and oxygen atoms in total. The van der Waals surface area contributed by atoms with Crippen molar-refractivity contribution in [3.63, 3.8) is 0 Å². The van der Waals surface area contributed by atoms with Gasteiger partial charge < -0.3 is 54.7 Å². The first kappa shape index (κ1) is 21.3. The van der Waals surface area contributed by atoms with Gasteiger partial charge in [0.2, 0.25) is 0 Å². The Morgan fingerprint density at radius 1 is 0.704 bits per heavy atom. The van der Waals surface area contributed by atoms with Crippen LogP contribution in [-0.2, 0) is 18.9 Å². The highest BCUT2D eigenvalue weighted by Crippen LogP contribution is 2.31. The molecule has 3 saturated heterocycles. The molecular formula is C16H28O11. The molecule has 0 aromatic heterocycles. The van der Waals surface area contributed by atoms with Crippen LogP contribution in [0.15, 0.2) is 0 Å². The number of hydrogen-bond donors (Lipinski definition) is 7. The van der Waals surface area contributed by atoms with Crippen molar-refractivity contribution in [2.45, 2.75) is 80.2 Å². The fourth-order valence-electron chi connectivity index (χ4n) is 3.49. The van der Waals surface area contributed by atoms with E-state index in [2.05, 4.69) is 0 Å². The second kappa shape index (κ2) is 8.93. The van der Waals surface area contributed by atoms with E-state index >= 15 is 0 Å². The van der Waals surface area contributed by atoms with E-state index in [4.69, 9.17) is 18.9 Å². The molecule has 3 rings (SSSR count). The first-order chi connectivity index (χ1) is 12.9. The molecule has 3 fully saturated rings. The molecule has 3 aliphatic rings. The van der Waals surface area contributed by atoms with Gasteiger partial charge in [-0.05, 0) is 12.8 Å². The summed E-state index contributed by atoms with van der Waals surface area (Å²) in [6.07, 6.45) is -12.1. The van der Waals surface area contributed by atoms with E-state index in [-0.39, 0.29) is 6.10 Å². The van der Waals surface area contributed by atoms with Gasteiger partial charge in [0.1, 0.15) is 48.8 Å². The molecule has 0 aliphatic carbocycles. The first-order valence-corrected chi connectivity index (χ1v) is 9.07. The number of aliphatic hydroxyl groups excluding tert-OH is 7. The molecule has 7 N–H and O–H groups in total. The monoisotopic (exact) mass is 396 g/mol. The van der Waals surface area contributed by atoms with Crippen molar-refractivity contribution in [1.29, 1.82) is 0 Å². The number of aliphatic hydroxyl groups is 7. The lowest BCUT2D eigenvalue weighted by Gasteiger charge is -2.46. The zero-order chi connectivity index (χ0) is 19.7. The maximum absolute atomic E-state index is 10.5. The molecule has 1 unspecified atom stereocenters. The van der Waals surface area contributed by atoms with Gasteiger partial charge in [-0.2, -0.15) is 0 Å². The predicted octanol–water partition coefficient (Wildman–Crippen LogP) is -4.17. The Bertz CT molecular complexity index is 471. The van der Waals surface area contributed by atoms with Gasteiger partial charge in [0, 0.05) is 0 Å². The molecule has 0 amide bonds. The van der Waals surface area contributed by atoms with Crippen LogP contribution in [0, 0.1) is 0 Å². The Hall–Kier alpha value is -0.440. The lowest BCUT2D eigenvalue weighted by Crippen LogP contribution is -2.64. The van der Waals surface area contributed by atoms with Crippen LogP contribution in [0.1, 0.15) is 12.8 Å². The molecule has 27 heavy (non-hydrogen) atoms. The largest absolute Gasteiger partial charge is 0.394 e. The molecule has 0 aromatic carbocycles. The molecule has 158 valence electrons. The fourth-order valence-corrected chi connectivity index (χ4v) is 3.49. The lowest BCUT2D eigenvalue weighted by molar-refractivity contribution is -0.342. The van der Waals surface area contributed by atoms with Gasteiger partial charge in [-0.1, -0.05) is 0 Å². The van der Waals surface area contributed by atoms with Crippen LogP contribution < -0.4 is 0 Å². The Balaban J connectivity index is 1.65. The minimum absolute atomic E-state index is 0.119. The Labute approximate surface area is 155 Å². The van der Waals surface area contributed by atoms with E-state index in [0.29, 0.717) is 19.4 Å². The van der Waals surface area contributed by atoms with Gasteiger partial charge >= 0.3 is 0 Å². The smallest absolute Gasteiger partial charge is 0.187 e. The van der Waals surface area contributed by atoms with Crippen molar-refractivity contribution < 1.29 is 54.7 Å². The average Bonchev–Trinajstić information content (AvgIpc) is 3.49. The van der Waals surface area contributed by atoms with Gasteiger partial charge in [0.15, 0.2) is 6.29 Å². The van der Waals surface area contributed by atoms with Crippen LogP contribution in [0.25, 0.3) is 0 Å². The summed E-state index contributed by atoms with van der Waals surface area (Å²) in [5.74, 6) is 0. The van der Waals surface area contributed by atoms with Crippen molar-refractivity contribution in [3.8, 4) is 0 Å². The van der Waals surface area contributed by atoms with Crippen LogP contribution in [0.5, 0.6) is 0 Å². The molecule has 0 bridgehead atoms. The first-order valence-electron chi connectivity index (χ1n) is 9.07. The summed E-state index contributed by atoms with van der Waals surface area (Å²) < 4.78 is 21.5. The zero-order valence-corrected chi connectivity index (χ0v) is 14.6. The summed E-state index contributed by atoms with van der Waals surface area (Å²) in [6, 6.07) is 0. The standard InChI is InChI=1S/C16H28O11/c17-3-8-11(20)12(21)14(23)16(26-8)27-15-9(4-18)25-7(10(19)13(15)22)2-1-6-5-24-6/h6-23H,1-5H2/t6?,7-,8+,9+,10-,11+,12-,13+,14+,15+,16-/m0/s1. The van der Waals surface area contributed by atoms with E-state index in [1.165, 1.54) is 0 Å². The zero-order valence-electron chi connectivity index (χ0n) is 14.6. The molecular weight excluding hydrogens is 368 g/mol. The van der Waals surface area contributed by atoms with Crippen LogP contribution in [0.4, 0.5) is 0 Å². The highest BCUT2D eigenvalue weighted by molar-refractivity contribution is 4.96. The van der Waals surface area contributed by atoms with Crippen molar-refractivity contribution in [2.75, 3.05) is 19.8 Å². The lowest BCUT2D eigenvalue weighted by atomic mass is 9.92. The van der Waals surface area contributed by atoms with Gasteiger partial charge in [-0.3, -0.25) is 0 Å². The Morgan fingerprint density at radius 3 is 1.93 bits per heavy atom. The van der Waals surface area contributed by atoms with Crippen molar-refractivity contribution in [2.24, 2.45) is 0 Å². The second-order valence-corrected chi connectivity index (χ2v) is 7.21. The average molecular weight is 396 g/mol. The van der Waals surface area contributed by atoms with Crippen LogP contribution in [0.2, 0.25) is 0 Å². The van der Waals surface area contributed by atoms with Gasteiger partial charge in [-0.25, -0.2) is 0 Å². The Kier molecular flexibility index (Phi) is 7.03. The topological polar surface area (TPSA) is 182 Å². The van der Waals surface area contributed by atoms with Gasteiger partial charge in [0.05, 0.1) is 32.0 Å². The van der Waals surface area contributed by atoms with Crippen molar-refractivity contribution >= 4 is 0 Å². The molecule has 0 spiro atoms. The van der Waals surface area contributed by atoms with Crippen molar-refractivity contribution in [1.82, 2.24) is 0 Å². The summed E-state index contributed by atoms with van der Waals surface area (Å²) in [6.45, 7) is -0.508. The molecule has 3 aliphatic heterocycles. The third-order valence-electron chi connectivity index (χ3n) is 5.28. The second-order valence-electron chi connectivity index (χ2n) is 7.21. The highest BCUT2D eigenvalue weighted by atomic mass is 16.7. The van der Waals surface area contributed by atoms with Gasteiger partial charge in [0.25, 0.3) is 0 Å². The Morgan fingerprint density at radius 2 is 1.33 bits per heavy atom. The van der Waals surface area contributed by atoms with E-state index in [0.717, 1.165) is 0 Å². The van der Waals surface area contributed by atoms with Gasteiger partial charge in [-0.15, -0.1) is 0 Å². The summed E-state index contributed by atoms with van der Waals surface area (Å²) in [4.78, 5) is 0. The van der Waals surface area contributed by atoms with E-state index in [1.807, 2.05) is 0 Å². The number of hydrogen-bond acceptors (Lipinski definition) is 11. The predicted molar refractivity (Wildman–Crippen MR) is 85.4 cm³/mol. The molecule has 11 atom stereocenters. The molecule has 11 heteroatoms. The number of rotatable bonds is 7. The minimum atomic E-state index is -1.67. The highest BCUT2D eigenvalue weighted by Gasteiger charge is 2.50. The SMILES string of the molecule is OC[C@H]1O[C@@H](O[C@H]2[C@H](O)[C@@H](O)[C@H](CCC3CO3)O[C@@H]2CO)[C@H](O)[C@@H](O)[C@@H]1O. The number of ether oxygens (including phenoxy) is 4. The summed E-state index contributed by atoms with van der Waals surface area (Å²) in [5.41, 5.74) is 0. The summed E-state index contributed by atoms with van der Waals surface area (Å²) in [7, 11) is 0. The number of epoxide rings is 1. The molecule has 3 heterocycles. The van der Waals surface area contributed by atoms with E-state index < -0.39 is 74.4 Å². The molecule has 0 radical (unpaired) electrons. The summed E-state index contributed by atoms with van der Waals surface area (Å²) in [5, 5.41) is 69.3. The van der Waals surface area contributed by atoms with E-state index in [1.54, 1.807) is 0 Å². The van der Waals surface area contributed by atoms with E-state index in [9.17, 15) is 35.7 Å². The normalized spacial score (nSPS) is 50.6. The third kappa shape index (κ3) is 4.60. The van der Waals surface area contributed by atoms with Crippen LogP contribution in [0.3, 0.4) is 0 Å². The molecule has 0 saturated carbocycles. The van der Waals surface area contributed by atoms with Crippen molar-refractivity contribution in [3.05, 3.63) is 0 Å². The summed E-state index contributed by atoms with van der Waals surface area (Å²) >= 11 is 0. The van der Waals surface area contributed by atoms with Crippen LogP contribution >= 0.6 is 0 Å².